The molecule has 2 N–H and O–H groups in total. The van der Waals surface area contributed by atoms with Crippen LogP contribution < -0.4 is 5.73 Å². The van der Waals surface area contributed by atoms with Crippen LogP contribution in [0.4, 0.5) is 0 Å². The molecule has 0 amide bonds. The van der Waals surface area contributed by atoms with Crippen LogP contribution in [0.15, 0.2) is 29.6 Å². The van der Waals surface area contributed by atoms with E-state index in [0.29, 0.717) is 6.54 Å². The largest absolute Gasteiger partial charge is 0.327 e. The van der Waals surface area contributed by atoms with Crippen LogP contribution in [0.3, 0.4) is 0 Å². The van der Waals surface area contributed by atoms with E-state index in [-0.39, 0.29) is 0 Å². The van der Waals surface area contributed by atoms with E-state index >= 15 is 0 Å². The summed E-state index contributed by atoms with van der Waals surface area (Å²) in [5, 5.41) is 0.787. The van der Waals surface area contributed by atoms with Crippen LogP contribution in [0, 0.1) is 6.92 Å². The molecule has 1 aromatic rings. The van der Waals surface area contributed by atoms with Crippen molar-refractivity contribution in [3.8, 4) is 0 Å². The summed E-state index contributed by atoms with van der Waals surface area (Å²) in [5.41, 5.74) is 7.40. The Balaban J connectivity index is 2.50. The van der Waals surface area contributed by atoms with Crippen molar-refractivity contribution in [2.45, 2.75) is 12.1 Å². The number of nitrogens with two attached hydrogens (primary N) is 1. The van der Waals surface area contributed by atoms with Crippen LogP contribution in [-0.4, -0.2) is 22.3 Å². The Morgan fingerprint density at radius 1 is 1.69 bits per heavy atom. The molecule has 3 nitrogen and oxygen atoms in total. The molecule has 1 aromatic heterocycles. The molecule has 0 spiro atoms. The van der Waals surface area contributed by atoms with E-state index in [1.165, 1.54) is 0 Å². The zero-order valence-electron chi connectivity index (χ0n) is 7.66. The van der Waals surface area contributed by atoms with Crippen molar-refractivity contribution in [2.75, 3.05) is 12.3 Å². The first kappa shape index (κ1) is 10.2. The standard InChI is InChI=1S/C9H13N3S/c1-7(5-10)6-13-9-11-4-3-8(2)12-9/h3-4H,1,5-6,10H2,2H3. The smallest absolute Gasteiger partial charge is 0.188 e. The number of rotatable bonds is 4. The first-order valence-electron chi connectivity index (χ1n) is 4.01. The van der Waals surface area contributed by atoms with Gasteiger partial charge in [0.25, 0.3) is 0 Å². The molecule has 0 radical (unpaired) electrons. The Labute approximate surface area is 82.5 Å². The molecule has 0 bridgehead atoms. The molecule has 13 heavy (non-hydrogen) atoms. The number of thioether (sulfide) groups is 1. The van der Waals surface area contributed by atoms with E-state index in [2.05, 4.69) is 16.5 Å². The van der Waals surface area contributed by atoms with E-state index < -0.39 is 0 Å². The molecule has 0 aliphatic carbocycles. The fourth-order valence-corrected chi connectivity index (χ4v) is 1.52. The normalized spacial score (nSPS) is 10.0. The first-order chi connectivity index (χ1) is 6.22. The van der Waals surface area contributed by atoms with Crippen molar-refractivity contribution in [2.24, 2.45) is 5.73 Å². The van der Waals surface area contributed by atoms with E-state index in [1.807, 2.05) is 13.0 Å². The minimum absolute atomic E-state index is 0.527. The van der Waals surface area contributed by atoms with Gasteiger partial charge in [-0.05, 0) is 13.0 Å². The second-order valence-corrected chi connectivity index (χ2v) is 3.67. The van der Waals surface area contributed by atoms with Gasteiger partial charge in [-0.15, -0.1) is 0 Å². The van der Waals surface area contributed by atoms with Crippen LogP contribution in [0.5, 0.6) is 0 Å². The maximum absolute atomic E-state index is 5.41. The summed E-state index contributed by atoms with van der Waals surface area (Å²) >= 11 is 1.57. The van der Waals surface area contributed by atoms with Crippen LogP contribution in [0.25, 0.3) is 0 Å². The van der Waals surface area contributed by atoms with Gasteiger partial charge in [0.15, 0.2) is 5.16 Å². The predicted molar refractivity (Wildman–Crippen MR) is 55.7 cm³/mol. The van der Waals surface area contributed by atoms with Gasteiger partial charge in [-0.2, -0.15) is 0 Å². The molecule has 0 aliphatic rings. The van der Waals surface area contributed by atoms with Gasteiger partial charge < -0.3 is 5.73 Å². The van der Waals surface area contributed by atoms with Crippen LogP contribution in [0.2, 0.25) is 0 Å². The number of hydrogen-bond acceptors (Lipinski definition) is 4. The van der Waals surface area contributed by atoms with Gasteiger partial charge in [-0.3, -0.25) is 0 Å². The van der Waals surface area contributed by atoms with Crippen molar-refractivity contribution < 1.29 is 0 Å². The van der Waals surface area contributed by atoms with Crippen molar-refractivity contribution in [1.82, 2.24) is 9.97 Å². The lowest BCUT2D eigenvalue weighted by atomic mass is 10.4. The van der Waals surface area contributed by atoms with Crippen molar-refractivity contribution >= 4 is 11.8 Å². The van der Waals surface area contributed by atoms with Gasteiger partial charge in [-0.25, -0.2) is 9.97 Å². The van der Waals surface area contributed by atoms with Crippen molar-refractivity contribution in [3.05, 3.63) is 30.1 Å². The molecule has 0 unspecified atom stereocenters. The monoisotopic (exact) mass is 195 g/mol. The van der Waals surface area contributed by atoms with Gasteiger partial charge in [0, 0.05) is 24.2 Å². The van der Waals surface area contributed by atoms with Gasteiger partial charge >= 0.3 is 0 Å². The van der Waals surface area contributed by atoms with E-state index in [4.69, 9.17) is 5.73 Å². The summed E-state index contributed by atoms with van der Waals surface area (Å²) in [4.78, 5) is 8.37. The van der Waals surface area contributed by atoms with Gasteiger partial charge in [0.05, 0.1) is 0 Å². The van der Waals surface area contributed by atoms with E-state index in [1.54, 1.807) is 18.0 Å². The number of hydrogen-bond donors (Lipinski definition) is 1. The Morgan fingerprint density at radius 2 is 2.46 bits per heavy atom. The highest BCUT2D eigenvalue weighted by Gasteiger charge is 1.98. The molecule has 4 heteroatoms. The number of aromatic nitrogens is 2. The van der Waals surface area contributed by atoms with Crippen LogP contribution in [-0.2, 0) is 0 Å². The number of nitrogens with zero attached hydrogens (tertiary/aromatic N) is 2. The summed E-state index contributed by atoms with van der Waals surface area (Å²) in [6, 6.07) is 1.88. The van der Waals surface area contributed by atoms with Crippen LogP contribution >= 0.6 is 11.8 Å². The second kappa shape index (κ2) is 4.99. The summed E-state index contributed by atoms with van der Waals surface area (Å²) < 4.78 is 0. The van der Waals surface area contributed by atoms with Crippen LogP contribution in [0.1, 0.15) is 5.69 Å². The fourth-order valence-electron chi connectivity index (χ4n) is 0.721. The Bertz CT molecular complexity index is 299. The fraction of sp³-hybridized carbons (Fsp3) is 0.333. The highest BCUT2D eigenvalue weighted by atomic mass is 32.2. The maximum atomic E-state index is 5.41. The van der Waals surface area contributed by atoms with Gasteiger partial charge in [-0.1, -0.05) is 23.9 Å². The van der Waals surface area contributed by atoms with E-state index in [9.17, 15) is 0 Å². The molecule has 70 valence electrons. The molecule has 0 saturated carbocycles. The zero-order chi connectivity index (χ0) is 9.68. The van der Waals surface area contributed by atoms with E-state index in [0.717, 1.165) is 22.2 Å². The first-order valence-corrected chi connectivity index (χ1v) is 5.00. The molecule has 1 rings (SSSR count). The molecular weight excluding hydrogens is 182 g/mol. The maximum Gasteiger partial charge on any atom is 0.188 e. The quantitative estimate of drug-likeness (QED) is 0.448. The highest BCUT2D eigenvalue weighted by Crippen LogP contribution is 2.14. The molecule has 0 fully saturated rings. The lowest BCUT2D eigenvalue weighted by Gasteiger charge is -2.01. The average Bonchev–Trinajstić information content (AvgIpc) is 2.14. The highest BCUT2D eigenvalue weighted by molar-refractivity contribution is 7.99. The summed E-state index contributed by atoms with van der Waals surface area (Å²) in [6.07, 6.45) is 1.76. The zero-order valence-corrected chi connectivity index (χ0v) is 8.47. The second-order valence-electron chi connectivity index (χ2n) is 2.72. The topological polar surface area (TPSA) is 51.8 Å². The third-order valence-corrected chi connectivity index (χ3v) is 2.47. The summed E-state index contributed by atoms with van der Waals surface area (Å²) in [5.74, 6) is 0.792. The van der Waals surface area contributed by atoms with Crippen molar-refractivity contribution in [1.29, 1.82) is 0 Å². The lowest BCUT2D eigenvalue weighted by Crippen LogP contribution is -2.04. The van der Waals surface area contributed by atoms with Crippen molar-refractivity contribution in [3.63, 3.8) is 0 Å². The molecule has 0 saturated heterocycles. The minimum Gasteiger partial charge on any atom is -0.327 e. The third kappa shape index (κ3) is 3.57. The summed E-state index contributed by atoms with van der Waals surface area (Å²) in [6.45, 7) is 6.28. The molecule has 0 atom stereocenters. The van der Waals surface area contributed by atoms with Gasteiger partial charge in [0.1, 0.15) is 0 Å². The predicted octanol–water partition coefficient (Wildman–Crippen LogP) is 1.39. The average molecular weight is 195 g/mol. The third-order valence-electron chi connectivity index (χ3n) is 1.47. The Morgan fingerprint density at radius 3 is 3.08 bits per heavy atom. The summed E-state index contributed by atoms with van der Waals surface area (Å²) in [7, 11) is 0. The minimum atomic E-state index is 0.527. The Hall–Kier alpha value is -0.870. The lowest BCUT2D eigenvalue weighted by molar-refractivity contribution is 0.932. The molecule has 0 aromatic carbocycles. The Kier molecular flexibility index (Phi) is 3.92. The molecule has 1 heterocycles. The number of aryl methyl sites for hydroxylation is 1. The molecular formula is C9H13N3S. The van der Waals surface area contributed by atoms with Gasteiger partial charge in [0.2, 0.25) is 0 Å². The SMILES string of the molecule is C=C(CN)CSc1nccc(C)n1. The molecule has 0 aliphatic heterocycles.